The molecule has 2 aromatic heterocycles. The van der Waals surface area contributed by atoms with Crippen molar-refractivity contribution in [3.8, 4) is 0 Å². The molecule has 18 heavy (non-hydrogen) atoms. The Morgan fingerprint density at radius 3 is 3.06 bits per heavy atom. The van der Waals surface area contributed by atoms with E-state index < -0.39 is 0 Å². The van der Waals surface area contributed by atoms with Crippen LogP contribution in [-0.4, -0.2) is 20.6 Å². The molecule has 1 N–H and O–H groups in total. The molecule has 94 valence electrons. The summed E-state index contributed by atoms with van der Waals surface area (Å²) < 4.78 is 2.12. The minimum Gasteiger partial charge on any atom is -0.304 e. The minimum absolute atomic E-state index is 0.385. The SMILES string of the molecule is c1ccn2c(C3CC4CCCCC4N3)nnc2c1. The van der Waals surface area contributed by atoms with Crippen molar-refractivity contribution in [3.05, 3.63) is 30.2 Å². The maximum atomic E-state index is 4.39. The van der Waals surface area contributed by atoms with Crippen LogP contribution in [0.4, 0.5) is 0 Å². The molecule has 3 heterocycles. The summed E-state index contributed by atoms with van der Waals surface area (Å²) in [7, 11) is 0. The van der Waals surface area contributed by atoms with Crippen LogP contribution in [0.25, 0.3) is 5.65 Å². The molecule has 4 nitrogen and oxygen atoms in total. The summed E-state index contributed by atoms with van der Waals surface area (Å²) in [6.45, 7) is 0. The van der Waals surface area contributed by atoms with Crippen LogP contribution in [0.5, 0.6) is 0 Å². The molecule has 0 bridgehead atoms. The Labute approximate surface area is 106 Å². The molecular formula is C14H18N4. The molecule has 4 heteroatoms. The first-order valence-corrected chi connectivity index (χ1v) is 6.97. The Balaban J connectivity index is 1.67. The number of nitrogens with zero attached hydrogens (tertiary/aromatic N) is 3. The van der Waals surface area contributed by atoms with Crippen molar-refractivity contribution in [3.63, 3.8) is 0 Å². The lowest BCUT2D eigenvalue weighted by Crippen LogP contribution is -2.30. The number of fused-ring (bicyclic) bond motifs is 2. The van der Waals surface area contributed by atoms with Crippen molar-refractivity contribution in [2.24, 2.45) is 5.92 Å². The molecule has 0 spiro atoms. The van der Waals surface area contributed by atoms with E-state index in [9.17, 15) is 0 Å². The Morgan fingerprint density at radius 1 is 1.17 bits per heavy atom. The number of nitrogens with one attached hydrogen (secondary N) is 1. The average molecular weight is 242 g/mol. The van der Waals surface area contributed by atoms with Crippen molar-refractivity contribution in [2.45, 2.75) is 44.2 Å². The van der Waals surface area contributed by atoms with Gasteiger partial charge >= 0.3 is 0 Å². The third-order valence-corrected chi connectivity index (χ3v) is 4.51. The maximum absolute atomic E-state index is 4.39. The molecule has 2 aliphatic rings. The molecule has 1 saturated carbocycles. The Bertz CT molecular complexity index is 548. The van der Waals surface area contributed by atoms with E-state index in [2.05, 4.69) is 26.1 Å². The number of rotatable bonds is 1. The zero-order valence-electron chi connectivity index (χ0n) is 10.4. The van der Waals surface area contributed by atoms with E-state index in [0.29, 0.717) is 12.1 Å². The molecule has 2 aromatic rings. The number of hydrogen-bond acceptors (Lipinski definition) is 3. The van der Waals surface area contributed by atoms with E-state index in [1.807, 2.05) is 18.2 Å². The highest BCUT2D eigenvalue weighted by Gasteiger charge is 2.37. The number of pyridine rings is 1. The zero-order chi connectivity index (χ0) is 11.9. The smallest absolute Gasteiger partial charge is 0.160 e. The summed E-state index contributed by atoms with van der Waals surface area (Å²) in [4.78, 5) is 0. The van der Waals surface area contributed by atoms with Crippen molar-refractivity contribution in [1.82, 2.24) is 19.9 Å². The molecule has 1 aliphatic carbocycles. The van der Waals surface area contributed by atoms with Gasteiger partial charge in [0.2, 0.25) is 0 Å². The van der Waals surface area contributed by atoms with Gasteiger partial charge in [0.15, 0.2) is 11.5 Å². The van der Waals surface area contributed by atoms with Gasteiger partial charge in [0, 0.05) is 12.2 Å². The van der Waals surface area contributed by atoms with E-state index in [1.165, 1.54) is 32.1 Å². The molecule has 1 aliphatic heterocycles. The van der Waals surface area contributed by atoms with Gasteiger partial charge in [-0.1, -0.05) is 18.9 Å². The molecule has 0 amide bonds. The fraction of sp³-hybridized carbons (Fsp3) is 0.571. The fourth-order valence-electron chi connectivity index (χ4n) is 3.62. The summed E-state index contributed by atoms with van der Waals surface area (Å²) in [6.07, 6.45) is 8.77. The quantitative estimate of drug-likeness (QED) is 0.834. The lowest BCUT2D eigenvalue weighted by molar-refractivity contribution is 0.325. The molecule has 1 saturated heterocycles. The predicted octanol–water partition coefficient (Wildman–Crippen LogP) is 2.32. The lowest BCUT2D eigenvalue weighted by atomic mass is 9.85. The summed E-state index contributed by atoms with van der Waals surface area (Å²) in [5.41, 5.74) is 0.948. The molecule has 4 rings (SSSR count). The van der Waals surface area contributed by atoms with Crippen molar-refractivity contribution in [2.75, 3.05) is 0 Å². The van der Waals surface area contributed by atoms with E-state index in [-0.39, 0.29) is 0 Å². The normalized spacial score (nSPS) is 31.7. The van der Waals surface area contributed by atoms with Gasteiger partial charge in [0.25, 0.3) is 0 Å². The summed E-state index contributed by atoms with van der Waals surface area (Å²) in [5, 5.41) is 12.4. The first-order chi connectivity index (χ1) is 8.92. The Morgan fingerprint density at radius 2 is 2.11 bits per heavy atom. The highest BCUT2D eigenvalue weighted by Crippen LogP contribution is 2.38. The molecule has 0 radical (unpaired) electrons. The molecule has 0 aromatic carbocycles. The second-order valence-electron chi connectivity index (χ2n) is 5.59. The third-order valence-electron chi connectivity index (χ3n) is 4.51. The highest BCUT2D eigenvalue weighted by atomic mass is 15.3. The van der Waals surface area contributed by atoms with E-state index in [1.54, 1.807) is 0 Å². The van der Waals surface area contributed by atoms with Gasteiger partial charge < -0.3 is 5.32 Å². The van der Waals surface area contributed by atoms with Crippen LogP contribution in [0, 0.1) is 5.92 Å². The van der Waals surface area contributed by atoms with Crippen LogP contribution in [0.15, 0.2) is 24.4 Å². The minimum atomic E-state index is 0.385. The summed E-state index contributed by atoms with van der Waals surface area (Å²) >= 11 is 0. The standard InChI is InChI=1S/C14H18N4/c1-2-6-11-10(5-1)9-12(15-11)14-17-16-13-7-3-4-8-18(13)14/h3-4,7-8,10-12,15H,1-2,5-6,9H2. The molecule has 3 atom stereocenters. The van der Waals surface area contributed by atoms with Gasteiger partial charge in [0.05, 0.1) is 6.04 Å². The van der Waals surface area contributed by atoms with Crippen LogP contribution < -0.4 is 5.32 Å². The third kappa shape index (κ3) is 1.56. The monoisotopic (exact) mass is 242 g/mol. The van der Waals surface area contributed by atoms with Crippen molar-refractivity contribution in [1.29, 1.82) is 0 Å². The molecular weight excluding hydrogens is 224 g/mol. The number of hydrogen-bond donors (Lipinski definition) is 1. The largest absolute Gasteiger partial charge is 0.304 e. The first kappa shape index (κ1) is 10.5. The van der Waals surface area contributed by atoms with Crippen molar-refractivity contribution >= 4 is 5.65 Å². The van der Waals surface area contributed by atoms with Crippen LogP contribution in [0.3, 0.4) is 0 Å². The Kier molecular flexibility index (Phi) is 2.36. The van der Waals surface area contributed by atoms with Crippen molar-refractivity contribution < 1.29 is 0 Å². The second kappa shape index (κ2) is 4.05. The van der Waals surface area contributed by atoms with E-state index >= 15 is 0 Å². The average Bonchev–Trinajstić information content (AvgIpc) is 3.02. The Hall–Kier alpha value is -1.42. The maximum Gasteiger partial charge on any atom is 0.160 e. The van der Waals surface area contributed by atoms with E-state index in [0.717, 1.165) is 17.4 Å². The van der Waals surface area contributed by atoms with Gasteiger partial charge in [-0.25, -0.2) is 0 Å². The van der Waals surface area contributed by atoms with Crippen LogP contribution in [0.2, 0.25) is 0 Å². The summed E-state index contributed by atoms with van der Waals surface area (Å²) in [5.74, 6) is 1.93. The lowest BCUT2D eigenvalue weighted by Gasteiger charge is -2.24. The summed E-state index contributed by atoms with van der Waals surface area (Å²) in [6, 6.07) is 7.16. The van der Waals surface area contributed by atoms with Gasteiger partial charge in [-0.15, -0.1) is 10.2 Å². The molecule has 3 unspecified atom stereocenters. The van der Waals surface area contributed by atoms with Gasteiger partial charge in [-0.3, -0.25) is 4.40 Å². The van der Waals surface area contributed by atoms with Gasteiger partial charge in [-0.2, -0.15) is 0 Å². The van der Waals surface area contributed by atoms with E-state index in [4.69, 9.17) is 0 Å². The van der Waals surface area contributed by atoms with Gasteiger partial charge in [-0.05, 0) is 37.3 Å². The van der Waals surface area contributed by atoms with Crippen LogP contribution in [-0.2, 0) is 0 Å². The predicted molar refractivity (Wildman–Crippen MR) is 69.2 cm³/mol. The highest BCUT2D eigenvalue weighted by molar-refractivity contribution is 5.37. The first-order valence-electron chi connectivity index (χ1n) is 6.97. The zero-order valence-corrected chi connectivity index (χ0v) is 10.4. The second-order valence-corrected chi connectivity index (χ2v) is 5.59. The molecule has 2 fully saturated rings. The van der Waals surface area contributed by atoms with Crippen LogP contribution in [0.1, 0.15) is 44.0 Å². The fourth-order valence-corrected chi connectivity index (χ4v) is 3.62. The van der Waals surface area contributed by atoms with Crippen LogP contribution >= 0.6 is 0 Å². The topological polar surface area (TPSA) is 42.2 Å². The van der Waals surface area contributed by atoms with Gasteiger partial charge in [0.1, 0.15) is 0 Å². The number of aromatic nitrogens is 3.